The average Bonchev–Trinajstić information content (AvgIpc) is 3.20. The second-order valence-electron chi connectivity index (χ2n) is 5.88. The first-order valence-electron chi connectivity index (χ1n) is 8.68. The van der Waals surface area contributed by atoms with Crippen LogP contribution in [0.15, 0.2) is 33.5 Å². The highest BCUT2D eigenvalue weighted by atomic mass is 32.1. The van der Waals surface area contributed by atoms with Crippen molar-refractivity contribution in [3.05, 3.63) is 50.8 Å². The van der Waals surface area contributed by atoms with Crippen molar-refractivity contribution in [1.82, 2.24) is 4.57 Å². The maximum atomic E-state index is 12.2. The van der Waals surface area contributed by atoms with Crippen molar-refractivity contribution in [1.29, 1.82) is 5.26 Å². The average molecular weight is 415 g/mol. The number of oxazole rings is 1. The first-order chi connectivity index (χ1) is 14.0. The molecule has 3 aromatic rings. The Morgan fingerprint density at radius 1 is 1.31 bits per heavy atom. The molecule has 0 amide bonds. The zero-order valence-corrected chi connectivity index (χ0v) is 16.3. The Balaban J connectivity index is 1.69. The van der Waals surface area contributed by atoms with Gasteiger partial charge in [0.25, 0.3) is 0 Å². The van der Waals surface area contributed by atoms with Crippen LogP contribution in [0.1, 0.15) is 34.1 Å². The number of carbonyl (C=O) groups excluding carboxylic acids is 2. The van der Waals surface area contributed by atoms with Gasteiger partial charge in [-0.05, 0) is 19.1 Å². The summed E-state index contributed by atoms with van der Waals surface area (Å²) in [6.45, 7) is 1.58. The van der Waals surface area contributed by atoms with Crippen LogP contribution < -0.4 is 11.5 Å². The lowest BCUT2D eigenvalue weighted by Crippen LogP contribution is -2.17. The van der Waals surface area contributed by atoms with Crippen molar-refractivity contribution in [3.63, 3.8) is 0 Å². The molecule has 0 unspecified atom stereocenters. The fourth-order valence-corrected chi connectivity index (χ4v) is 3.68. The number of nitrogens with zero attached hydrogens (tertiary/aromatic N) is 2. The van der Waals surface area contributed by atoms with Crippen LogP contribution in [-0.4, -0.2) is 23.1 Å². The van der Waals surface area contributed by atoms with Crippen LogP contribution in [0.25, 0.3) is 11.1 Å². The Morgan fingerprint density at radius 2 is 2.07 bits per heavy atom. The van der Waals surface area contributed by atoms with Gasteiger partial charge in [-0.15, -0.1) is 11.3 Å². The van der Waals surface area contributed by atoms with Gasteiger partial charge in [-0.1, -0.05) is 12.1 Å². The van der Waals surface area contributed by atoms with Crippen LogP contribution in [0.3, 0.4) is 0 Å². The molecule has 9 nitrogen and oxygen atoms in total. The summed E-state index contributed by atoms with van der Waals surface area (Å²) in [4.78, 5) is 36.3. The van der Waals surface area contributed by atoms with Crippen molar-refractivity contribution in [3.8, 4) is 6.07 Å². The molecule has 0 bridgehead atoms. The number of carbonyl (C=O) groups is 2. The molecule has 150 valence electrons. The van der Waals surface area contributed by atoms with Gasteiger partial charge >= 0.3 is 17.7 Å². The van der Waals surface area contributed by atoms with Gasteiger partial charge in [0.1, 0.15) is 22.6 Å². The van der Waals surface area contributed by atoms with Gasteiger partial charge in [-0.2, -0.15) is 5.26 Å². The lowest BCUT2D eigenvalue weighted by Gasteiger charge is -2.07. The van der Waals surface area contributed by atoms with Crippen LogP contribution in [0.2, 0.25) is 0 Å². The summed E-state index contributed by atoms with van der Waals surface area (Å²) in [6, 6.07) is 8.79. The summed E-state index contributed by atoms with van der Waals surface area (Å²) in [5, 5.41) is 9.44. The molecule has 10 heteroatoms. The van der Waals surface area contributed by atoms with Gasteiger partial charge in [0, 0.05) is 12.1 Å². The molecule has 0 saturated carbocycles. The number of para-hydroxylation sites is 2. The number of benzene rings is 1. The van der Waals surface area contributed by atoms with E-state index in [1.54, 1.807) is 31.2 Å². The lowest BCUT2D eigenvalue weighted by molar-refractivity contribution is -0.145. The van der Waals surface area contributed by atoms with Crippen LogP contribution in [0.5, 0.6) is 0 Å². The van der Waals surface area contributed by atoms with Crippen molar-refractivity contribution >= 4 is 39.4 Å². The Labute approximate surface area is 168 Å². The molecule has 0 fully saturated rings. The molecule has 0 saturated heterocycles. The van der Waals surface area contributed by atoms with E-state index in [-0.39, 0.29) is 47.2 Å². The van der Waals surface area contributed by atoms with Crippen molar-refractivity contribution in [2.75, 3.05) is 12.3 Å². The van der Waals surface area contributed by atoms with Crippen molar-refractivity contribution < 1.29 is 23.5 Å². The quantitative estimate of drug-likeness (QED) is 0.581. The molecule has 0 atom stereocenters. The molecule has 29 heavy (non-hydrogen) atoms. The van der Waals surface area contributed by atoms with E-state index in [0.717, 1.165) is 11.3 Å². The van der Waals surface area contributed by atoms with E-state index in [1.807, 2.05) is 6.07 Å². The second kappa shape index (κ2) is 8.62. The van der Waals surface area contributed by atoms with Crippen molar-refractivity contribution in [2.45, 2.75) is 26.5 Å². The third-order valence-electron chi connectivity index (χ3n) is 4.10. The van der Waals surface area contributed by atoms with Gasteiger partial charge in [0.15, 0.2) is 5.58 Å². The van der Waals surface area contributed by atoms with Crippen LogP contribution >= 0.6 is 11.3 Å². The number of ether oxygens (including phenoxy) is 2. The van der Waals surface area contributed by atoms with Gasteiger partial charge in [0.2, 0.25) is 0 Å². The minimum atomic E-state index is -0.631. The van der Waals surface area contributed by atoms with E-state index < -0.39 is 17.7 Å². The topological polar surface area (TPSA) is 138 Å². The number of aromatic nitrogens is 1. The third kappa shape index (κ3) is 4.14. The van der Waals surface area contributed by atoms with E-state index in [2.05, 4.69) is 0 Å². The fraction of sp³-hybridized carbons (Fsp3) is 0.263. The number of hydrogen-bond acceptors (Lipinski definition) is 9. The zero-order valence-electron chi connectivity index (χ0n) is 15.5. The Bertz CT molecular complexity index is 1170. The summed E-state index contributed by atoms with van der Waals surface area (Å²) < 4.78 is 16.6. The second-order valence-corrected chi connectivity index (χ2v) is 6.93. The van der Waals surface area contributed by atoms with E-state index in [9.17, 15) is 19.6 Å². The molecule has 0 aliphatic rings. The van der Waals surface area contributed by atoms with Crippen LogP contribution in [-0.2, 0) is 27.4 Å². The summed E-state index contributed by atoms with van der Waals surface area (Å²) in [5.41, 5.74) is 7.09. The number of nitrogens with two attached hydrogens (primary N) is 1. The predicted octanol–water partition coefficient (Wildman–Crippen LogP) is 2.42. The summed E-state index contributed by atoms with van der Waals surface area (Å²) in [6.07, 6.45) is -0.0975. The number of thiophene rings is 1. The number of esters is 2. The molecular formula is C19H17N3O6S. The number of hydrogen-bond donors (Lipinski definition) is 1. The highest BCUT2D eigenvalue weighted by Crippen LogP contribution is 2.31. The van der Waals surface area contributed by atoms with Crippen LogP contribution in [0, 0.1) is 11.3 Å². The van der Waals surface area contributed by atoms with E-state index in [4.69, 9.17) is 19.6 Å². The van der Waals surface area contributed by atoms with E-state index in [1.165, 1.54) is 4.57 Å². The number of rotatable bonds is 7. The van der Waals surface area contributed by atoms with Gasteiger partial charge in [-0.25, -0.2) is 9.59 Å². The highest BCUT2D eigenvalue weighted by Gasteiger charge is 2.24. The smallest absolute Gasteiger partial charge is 0.419 e. The number of nitriles is 1. The van der Waals surface area contributed by atoms with Gasteiger partial charge < -0.3 is 19.6 Å². The number of fused-ring (bicyclic) bond motifs is 1. The first-order valence-corrected chi connectivity index (χ1v) is 9.50. The van der Waals surface area contributed by atoms with Crippen molar-refractivity contribution in [2.24, 2.45) is 0 Å². The molecule has 2 N–H and O–H groups in total. The molecule has 2 aromatic heterocycles. The Kier molecular flexibility index (Phi) is 5.99. The molecular weight excluding hydrogens is 398 g/mol. The largest absolute Gasteiger partial charge is 0.462 e. The molecule has 3 rings (SSSR count). The Hall–Kier alpha value is -3.58. The fourth-order valence-electron chi connectivity index (χ4n) is 2.76. The van der Waals surface area contributed by atoms with Crippen LogP contribution in [0.4, 0.5) is 5.00 Å². The first kappa shape index (κ1) is 20.2. The maximum absolute atomic E-state index is 12.2. The Morgan fingerprint density at radius 3 is 2.79 bits per heavy atom. The third-order valence-corrected chi connectivity index (χ3v) is 5.14. The SMILES string of the molecule is CCOC(=O)c1sc(N)c(C#N)c1COC(=O)CCn1c(=O)oc2ccccc21. The zero-order chi connectivity index (χ0) is 21.0. The molecule has 2 heterocycles. The molecule has 0 aliphatic carbocycles. The van der Waals surface area contributed by atoms with Gasteiger partial charge in [0.05, 0.1) is 24.1 Å². The summed E-state index contributed by atoms with van der Waals surface area (Å²) in [5.74, 6) is -1.81. The van der Waals surface area contributed by atoms with Gasteiger partial charge in [-0.3, -0.25) is 9.36 Å². The normalized spacial score (nSPS) is 10.6. The van der Waals surface area contributed by atoms with E-state index >= 15 is 0 Å². The number of nitrogen functional groups attached to an aromatic ring is 1. The maximum Gasteiger partial charge on any atom is 0.419 e. The highest BCUT2D eigenvalue weighted by molar-refractivity contribution is 7.18. The summed E-state index contributed by atoms with van der Waals surface area (Å²) in [7, 11) is 0. The molecule has 0 spiro atoms. The number of aryl methyl sites for hydroxylation is 1. The monoisotopic (exact) mass is 415 g/mol. The summed E-state index contributed by atoms with van der Waals surface area (Å²) >= 11 is 0.912. The molecule has 0 aliphatic heterocycles. The minimum Gasteiger partial charge on any atom is -0.462 e. The standard InChI is InChI=1S/C19H17N3O6S/c1-2-26-18(24)16-12(11(9-20)17(21)29-16)10-27-15(23)7-8-22-13-5-3-4-6-14(13)28-19(22)25/h3-6H,2,7-8,10,21H2,1H3. The lowest BCUT2D eigenvalue weighted by atomic mass is 10.1. The minimum absolute atomic E-state index is 0.0658. The molecule has 1 aromatic carbocycles. The van der Waals surface area contributed by atoms with E-state index in [0.29, 0.717) is 11.1 Å². The predicted molar refractivity (Wildman–Crippen MR) is 104 cm³/mol. The molecule has 0 radical (unpaired) electrons. The number of anilines is 1.